The molecule has 4 heterocycles. The first-order valence-electron chi connectivity index (χ1n) is 8.10. The number of halogens is 3. The number of sulfone groups is 1. The van der Waals surface area contributed by atoms with Crippen LogP contribution in [0.25, 0.3) is 0 Å². The number of alkyl halides is 3. The predicted molar refractivity (Wildman–Crippen MR) is 81.3 cm³/mol. The summed E-state index contributed by atoms with van der Waals surface area (Å²) < 4.78 is 75.4. The minimum atomic E-state index is -4.71. The standard InChI is InChI=1S/C15H17F3N2O5S/c1-13(7-24-8-13)11-9(5-25-19-11)12(21)20-4-10-14(6-20,15(16,17)18)2-3-26(10,22)23/h5,10H,2-4,6-8H2,1H3/t10-,14-/m1/s1. The summed E-state index contributed by atoms with van der Waals surface area (Å²) in [7, 11) is -3.91. The lowest BCUT2D eigenvalue weighted by molar-refractivity contribution is -0.215. The molecule has 2 atom stereocenters. The van der Waals surface area contributed by atoms with Gasteiger partial charge in [0.25, 0.3) is 5.91 Å². The number of rotatable bonds is 2. The Labute approximate surface area is 147 Å². The van der Waals surface area contributed by atoms with E-state index in [1.165, 1.54) is 0 Å². The van der Waals surface area contributed by atoms with Crippen molar-refractivity contribution in [2.24, 2.45) is 5.41 Å². The van der Waals surface area contributed by atoms with E-state index in [0.717, 1.165) is 11.2 Å². The minimum Gasteiger partial charge on any atom is -0.379 e. The average Bonchev–Trinajstić information content (AvgIpc) is 3.19. The van der Waals surface area contributed by atoms with Crippen LogP contribution in [-0.4, -0.2) is 67.9 Å². The van der Waals surface area contributed by atoms with Gasteiger partial charge in [0.2, 0.25) is 0 Å². The quantitative estimate of drug-likeness (QED) is 0.748. The van der Waals surface area contributed by atoms with Crippen molar-refractivity contribution in [3.8, 4) is 0 Å². The summed E-state index contributed by atoms with van der Waals surface area (Å²) >= 11 is 0. The molecular formula is C15H17F3N2O5S. The van der Waals surface area contributed by atoms with E-state index in [0.29, 0.717) is 18.9 Å². The van der Waals surface area contributed by atoms with Gasteiger partial charge < -0.3 is 14.2 Å². The van der Waals surface area contributed by atoms with Crippen molar-refractivity contribution in [3.05, 3.63) is 17.5 Å². The summed E-state index contributed by atoms with van der Waals surface area (Å²) in [5.41, 5.74) is -2.55. The summed E-state index contributed by atoms with van der Waals surface area (Å²) in [4.78, 5) is 13.8. The zero-order valence-corrected chi connectivity index (χ0v) is 14.7. The molecule has 3 aliphatic rings. The maximum Gasteiger partial charge on any atom is 0.397 e. The monoisotopic (exact) mass is 394 g/mol. The number of ether oxygens (including phenoxy) is 1. The smallest absolute Gasteiger partial charge is 0.379 e. The second kappa shape index (κ2) is 5.22. The molecule has 0 bridgehead atoms. The maximum atomic E-state index is 13.7. The van der Waals surface area contributed by atoms with Crippen LogP contribution in [0.5, 0.6) is 0 Å². The number of likely N-dealkylation sites (tertiary alicyclic amines) is 1. The Bertz CT molecular complexity index is 861. The lowest BCUT2D eigenvalue weighted by Gasteiger charge is -2.36. The fourth-order valence-electron chi connectivity index (χ4n) is 4.15. The van der Waals surface area contributed by atoms with E-state index in [4.69, 9.17) is 9.26 Å². The molecule has 3 fully saturated rings. The first-order valence-corrected chi connectivity index (χ1v) is 9.82. The molecule has 0 saturated carbocycles. The molecule has 0 radical (unpaired) electrons. The molecule has 11 heteroatoms. The fraction of sp³-hybridized carbons (Fsp3) is 0.733. The van der Waals surface area contributed by atoms with Crippen LogP contribution in [0.2, 0.25) is 0 Å². The molecular weight excluding hydrogens is 377 g/mol. The molecule has 4 rings (SSSR count). The van der Waals surface area contributed by atoms with Crippen LogP contribution < -0.4 is 0 Å². The number of fused-ring (bicyclic) bond motifs is 1. The number of hydrogen-bond donors (Lipinski definition) is 0. The largest absolute Gasteiger partial charge is 0.397 e. The fourth-order valence-corrected chi connectivity index (χ4v) is 6.51. The molecule has 26 heavy (non-hydrogen) atoms. The number of carbonyl (C=O) groups excluding carboxylic acids is 1. The highest BCUT2D eigenvalue weighted by Gasteiger charge is 2.70. The normalized spacial score (nSPS) is 32.3. The Balaban J connectivity index is 1.67. The van der Waals surface area contributed by atoms with Gasteiger partial charge in [-0.15, -0.1) is 0 Å². The van der Waals surface area contributed by atoms with Gasteiger partial charge in [-0.3, -0.25) is 4.79 Å². The van der Waals surface area contributed by atoms with Crippen LogP contribution in [0.3, 0.4) is 0 Å². The Morgan fingerprint density at radius 2 is 2.08 bits per heavy atom. The topological polar surface area (TPSA) is 89.7 Å². The summed E-state index contributed by atoms with van der Waals surface area (Å²) in [5, 5.41) is 2.21. The third kappa shape index (κ3) is 2.25. The lowest BCUT2D eigenvalue weighted by atomic mass is 9.82. The van der Waals surface area contributed by atoms with E-state index in [1.807, 2.05) is 6.92 Å². The molecule has 7 nitrogen and oxygen atoms in total. The zero-order chi connectivity index (χ0) is 19.0. The highest BCUT2D eigenvalue weighted by atomic mass is 32.2. The van der Waals surface area contributed by atoms with Crippen molar-refractivity contribution in [2.75, 3.05) is 32.1 Å². The molecule has 3 saturated heterocycles. The first-order chi connectivity index (χ1) is 12.0. The summed E-state index contributed by atoms with van der Waals surface area (Å²) in [5.74, 6) is -1.20. The molecule has 144 valence electrons. The highest BCUT2D eigenvalue weighted by Crippen LogP contribution is 2.55. The zero-order valence-electron chi connectivity index (χ0n) is 13.9. The van der Waals surface area contributed by atoms with Gasteiger partial charge in [0.1, 0.15) is 22.9 Å². The second-order valence-corrected chi connectivity index (χ2v) is 9.88. The van der Waals surface area contributed by atoms with Crippen LogP contribution >= 0.6 is 0 Å². The molecule has 1 aromatic rings. The molecule has 0 N–H and O–H groups in total. The number of hydrogen-bond acceptors (Lipinski definition) is 6. The van der Waals surface area contributed by atoms with E-state index < -0.39 is 63.3 Å². The minimum absolute atomic E-state index is 0.0606. The van der Waals surface area contributed by atoms with Gasteiger partial charge in [-0.2, -0.15) is 13.2 Å². The molecule has 3 aliphatic heterocycles. The van der Waals surface area contributed by atoms with Crippen LogP contribution in [0.15, 0.2) is 10.8 Å². The predicted octanol–water partition coefficient (Wildman–Crippen LogP) is 1.15. The van der Waals surface area contributed by atoms with Crippen molar-refractivity contribution in [2.45, 2.75) is 30.2 Å². The van der Waals surface area contributed by atoms with E-state index in [9.17, 15) is 26.4 Å². The molecule has 0 aliphatic carbocycles. The van der Waals surface area contributed by atoms with Gasteiger partial charge in [0.15, 0.2) is 9.84 Å². The average molecular weight is 394 g/mol. The highest BCUT2D eigenvalue weighted by molar-refractivity contribution is 7.92. The van der Waals surface area contributed by atoms with Gasteiger partial charge in [0, 0.05) is 13.1 Å². The van der Waals surface area contributed by atoms with Crippen LogP contribution in [0.4, 0.5) is 13.2 Å². The van der Waals surface area contributed by atoms with Gasteiger partial charge in [0.05, 0.1) is 29.6 Å². The third-order valence-electron chi connectivity index (χ3n) is 5.81. The second-order valence-electron chi connectivity index (χ2n) is 7.58. The van der Waals surface area contributed by atoms with Crippen LogP contribution in [-0.2, 0) is 20.0 Å². The maximum absolute atomic E-state index is 13.7. The number of amides is 1. The SMILES string of the molecule is CC1(c2nocc2C(=O)N2C[C@@H]3[C@@](C(F)(F)F)(CCS3(=O)=O)C2)COC1. The van der Waals surface area contributed by atoms with Gasteiger partial charge in [-0.05, 0) is 13.3 Å². The van der Waals surface area contributed by atoms with Crippen LogP contribution in [0, 0.1) is 5.41 Å². The summed E-state index contributed by atoms with van der Waals surface area (Å²) in [6, 6.07) is 0. The number of aromatic nitrogens is 1. The van der Waals surface area contributed by atoms with Crippen LogP contribution in [0.1, 0.15) is 29.4 Å². The van der Waals surface area contributed by atoms with Crippen molar-refractivity contribution < 1.29 is 35.6 Å². The van der Waals surface area contributed by atoms with Gasteiger partial charge >= 0.3 is 6.18 Å². The Morgan fingerprint density at radius 3 is 2.62 bits per heavy atom. The third-order valence-corrected chi connectivity index (χ3v) is 8.05. The number of nitrogens with zero attached hydrogens (tertiary/aromatic N) is 2. The van der Waals surface area contributed by atoms with Crippen molar-refractivity contribution in [1.29, 1.82) is 0 Å². The Morgan fingerprint density at radius 1 is 1.38 bits per heavy atom. The molecule has 0 unspecified atom stereocenters. The van der Waals surface area contributed by atoms with E-state index >= 15 is 0 Å². The van der Waals surface area contributed by atoms with Crippen molar-refractivity contribution in [1.82, 2.24) is 10.1 Å². The number of carbonyl (C=O) groups is 1. The van der Waals surface area contributed by atoms with Gasteiger partial charge in [-0.1, -0.05) is 5.16 Å². The molecule has 1 aromatic heterocycles. The first kappa shape index (κ1) is 17.8. The lowest BCUT2D eigenvalue weighted by Crippen LogP contribution is -2.46. The summed E-state index contributed by atoms with van der Waals surface area (Å²) in [6.45, 7) is 1.31. The van der Waals surface area contributed by atoms with E-state index in [-0.39, 0.29) is 5.56 Å². The molecule has 0 aromatic carbocycles. The van der Waals surface area contributed by atoms with E-state index in [2.05, 4.69) is 5.16 Å². The Kier molecular flexibility index (Phi) is 3.57. The summed E-state index contributed by atoms with van der Waals surface area (Å²) in [6.07, 6.45) is -4.12. The van der Waals surface area contributed by atoms with E-state index in [1.54, 1.807) is 0 Å². The van der Waals surface area contributed by atoms with Crippen molar-refractivity contribution >= 4 is 15.7 Å². The molecule has 0 spiro atoms. The Hall–Kier alpha value is -1.62. The molecule has 1 amide bonds. The van der Waals surface area contributed by atoms with Gasteiger partial charge in [-0.25, -0.2) is 8.42 Å². The van der Waals surface area contributed by atoms with Crippen molar-refractivity contribution in [3.63, 3.8) is 0 Å².